The van der Waals surface area contributed by atoms with Gasteiger partial charge >= 0.3 is 18.9 Å². The van der Waals surface area contributed by atoms with Crippen molar-refractivity contribution >= 4 is 38.3 Å². The molecule has 0 aliphatic heterocycles. The summed E-state index contributed by atoms with van der Waals surface area (Å²) in [5, 5.41) is 1.01. The van der Waals surface area contributed by atoms with Crippen molar-refractivity contribution in [1.82, 2.24) is 0 Å². The molecule has 5 heteroatoms. The third-order valence-corrected chi connectivity index (χ3v) is 4.62. The van der Waals surface area contributed by atoms with Crippen LogP contribution in [-0.4, -0.2) is 37.3 Å². The number of benzene rings is 2. The summed E-state index contributed by atoms with van der Waals surface area (Å²) in [5.41, 5.74) is 3.09. The van der Waals surface area contributed by atoms with Crippen molar-refractivity contribution in [2.75, 3.05) is 6.61 Å². The van der Waals surface area contributed by atoms with Crippen LogP contribution in [0.2, 0.25) is 0 Å². The zero-order valence-electron chi connectivity index (χ0n) is 14.1. The molecule has 2 aromatic carbocycles. The van der Waals surface area contributed by atoms with Crippen LogP contribution in [-0.2, 0) is 4.74 Å². The molecular formula is C19H24LiO3P. The molecule has 0 N–H and O–H groups in total. The van der Waals surface area contributed by atoms with Crippen LogP contribution >= 0.6 is 8.58 Å². The van der Waals surface area contributed by atoms with E-state index in [1.807, 2.05) is 70.2 Å². The summed E-state index contributed by atoms with van der Waals surface area (Å²) < 4.78 is 11.0. The molecule has 0 fully saturated rings. The van der Waals surface area contributed by atoms with Crippen LogP contribution < -0.4 is 10.0 Å². The van der Waals surface area contributed by atoms with Crippen LogP contribution in [0.3, 0.4) is 0 Å². The Morgan fingerprint density at radius 1 is 1.08 bits per heavy atom. The zero-order chi connectivity index (χ0) is 16.8. The van der Waals surface area contributed by atoms with Crippen molar-refractivity contribution < 1.29 is 14.3 Å². The second-order valence-electron chi connectivity index (χ2n) is 5.39. The fraction of sp³-hybridized carbons (Fsp3) is 0.316. The van der Waals surface area contributed by atoms with Gasteiger partial charge in [-0.3, -0.25) is 4.79 Å². The van der Waals surface area contributed by atoms with Gasteiger partial charge in [0.05, 0.1) is 0 Å². The minimum absolute atomic E-state index is 0. The predicted molar refractivity (Wildman–Crippen MR) is 104 cm³/mol. The molecule has 24 heavy (non-hydrogen) atoms. The van der Waals surface area contributed by atoms with Gasteiger partial charge in [-0.1, -0.05) is 30.3 Å². The normalized spacial score (nSPS) is 12.0. The minimum atomic E-state index is -0.274. The van der Waals surface area contributed by atoms with Crippen molar-refractivity contribution in [1.29, 1.82) is 0 Å². The number of ether oxygens (including phenoxy) is 2. The van der Waals surface area contributed by atoms with Crippen molar-refractivity contribution in [3.05, 3.63) is 59.2 Å². The molecule has 3 nitrogen and oxygen atoms in total. The van der Waals surface area contributed by atoms with Gasteiger partial charge in [0.2, 0.25) is 0 Å². The van der Waals surface area contributed by atoms with Crippen LogP contribution in [0.4, 0.5) is 0 Å². The first-order valence-corrected chi connectivity index (χ1v) is 8.77. The number of hydrogen-bond acceptors (Lipinski definition) is 3. The van der Waals surface area contributed by atoms with E-state index in [1.165, 1.54) is 0 Å². The van der Waals surface area contributed by atoms with E-state index in [4.69, 9.17) is 9.47 Å². The molecule has 0 bridgehead atoms. The van der Waals surface area contributed by atoms with E-state index in [-0.39, 0.29) is 39.3 Å². The Labute approximate surface area is 158 Å². The van der Waals surface area contributed by atoms with Crippen molar-refractivity contribution in [2.24, 2.45) is 0 Å². The van der Waals surface area contributed by atoms with Crippen molar-refractivity contribution in [3.63, 3.8) is 0 Å². The summed E-state index contributed by atoms with van der Waals surface area (Å²) in [6, 6.07) is 13.6. The second kappa shape index (κ2) is 10.0. The van der Waals surface area contributed by atoms with Crippen LogP contribution in [0, 0.1) is 13.8 Å². The summed E-state index contributed by atoms with van der Waals surface area (Å²) in [6.07, 6.45) is -0.274. The Balaban J connectivity index is 0.00000288. The van der Waals surface area contributed by atoms with E-state index < -0.39 is 0 Å². The number of carbonyl (C=O) groups is 1. The predicted octanol–water partition coefficient (Wildman–Crippen LogP) is 3.56. The Hall–Kier alpha value is -1.10. The molecule has 2 atom stereocenters. The van der Waals surface area contributed by atoms with E-state index in [1.54, 1.807) is 0 Å². The number of aryl methyl sites for hydroxylation is 2. The summed E-state index contributed by atoms with van der Waals surface area (Å²) in [4.78, 5) is 12.6. The van der Waals surface area contributed by atoms with Gasteiger partial charge in [0.15, 0.2) is 11.8 Å². The number of hydrogen-bond donors (Lipinski definition) is 0. The van der Waals surface area contributed by atoms with Gasteiger partial charge < -0.3 is 9.47 Å². The Bertz CT molecular complexity index is 651. The fourth-order valence-electron chi connectivity index (χ4n) is 2.44. The molecule has 0 aliphatic rings. The zero-order valence-corrected chi connectivity index (χ0v) is 15.1. The maximum absolute atomic E-state index is 12.6. The molecule has 2 aromatic rings. The average molecular weight is 338 g/mol. The number of carbonyl (C=O) groups excluding carboxylic acids is 1. The van der Waals surface area contributed by atoms with Gasteiger partial charge in [0.25, 0.3) is 0 Å². The molecule has 0 spiro atoms. The van der Waals surface area contributed by atoms with Gasteiger partial charge in [-0.25, -0.2) is 0 Å². The van der Waals surface area contributed by atoms with Crippen molar-refractivity contribution in [3.8, 4) is 5.75 Å². The summed E-state index contributed by atoms with van der Waals surface area (Å²) in [6.45, 7) is 8.38. The van der Waals surface area contributed by atoms with E-state index >= 15 is 0 Å². The van der Waals surface area contributed by atoms with Gasteiger partial charge in [-0.05, 0) is 64.8 Å². The van der Waals surface area contributed by atoms with Gasteiger partial charge in [-0.2, -0.15) is 0 Å². The monoisotopic (exact) mass is 338 g/mol. The summed E-state index contributed by atoms with van der Waals surface area (Å²) in [5.74, 6) is 0.749. The first kappa shape index (κ1) is 20.9. The van der Waals surface area contributed by atoms with E-state index in [0.29, 0.717) is 6.61 Å². The molecule has 2 unspecified atom stereocenters. The Kier molecular flexibility index (Phi) is 8.74. The molecule has 2 rings (SSSR count). The van der Waals surface area contributed by atoms with E-state index in [0.717, 1.165) is 27.7 Å². The average Bonchev–Trinajstić information content (AvgIpc) is 2.49. The third-order valence-electron chi connectivity index (χ3n) is 3.52. The first-order valence-electron chi connectivity index (χ1n) is 7.77. The van der Waals surface area contributed by atoms with Crippen molar-refractivity contribution in [2.45, 2.75) is 34.0 Å². The molecule has 0 heterocycles. The van der Waals surface area contributed by atoms with Gasteiger partial charge in [-0.15, -0.1) is 0 Å². The standard InChI is InChI=1S/C19H23O3P.Li.H/c1-5-21-15(4)22-16-9-11-17(12-10-16)23-19(20)18-13(2)7-6-8-14(18)3;;/h6-12,15,23H,5H2,1-4H3;;. The first-order chi connectivity index (χ1) is 11.0. The van der Waals surface area contributed by atoms with Crippen LogP contribution in [0.25, 0.3) is 0 Å². The summed E-state index contributed by atoms with van der Waals surface area (Å²) >= 11 is 0. The second-order valence-corrected chi connectivity index (χ2v) is 6.67. The molecule has 0 aliphatic carbocycles. The molecule has 0 aromatic heterocycles. The molecule has 0 radical (unpaired) electrons. The van der Waals surface area contributed by atoms with Crippen LogP contribution in [0.15, 0.2) is 42.5 Å². The quantitative estimate of drug-likeness (QED) is 0.440. The van der Waals surface area contributed by atoms with Crippen LogP contribution in [0.1, 0.15) is 35.3 Å². The molecular weight excluding hydrogens is 314 g/mol. The maximum atomic E-state index is 12.6. The van der Waals surface area contributed by atoms with E-state index in [9.17, 15) is 4.79 Å². The molecule has 0 saturated heterocycles. The summed E-state index contributed by atoms with van der Waals surface area (Å²) in [7, 11) is 0.115. The molecule has 0 amide bonds. The number of rotatable bonds is 7. The van der Waals surface area contributed by atoms with Gasteiger partial charge in [0.1, 0.15) is 5.75 Å². The fourth-order valence-corrected chi connectivity index (χ4v) is 3.56. The topological polar surface area (TPSA) is 35.5 Å². The SMILES string of the molecule is CCOC(C)Oc1ccc(PC(=O)c2c(C)cccc2C)cc1.[LiH]. The van der Waals surface area contributed by atoms with Gasteiger partial charge in [0, 0.05) is 12.2 Å². The van der Waals surface area contributed by atoms with E-state index in [2.05, 4.69) is 0 Å². The molecule has 0 saturated carbocycles. The Morgan fingerprint density at radius 2 is 1.67 bits per heavy atom. The van der Waals surface area contributed by atoms with Crippen LogP contribution in [0.5, 0.6) is 5.75 Å². The Morgan fingerprint density at radius 3 is 2.21 bits per heavy atom. The third kappa shape index (κ3) is 5.76. The molecule has 124 valence electrons.